The number of azide groups is 1. The molecular formula is C9H8N4OS. The van der Waals surface area contributed by atoms with Gasteiger partial charge in [0.2, 0.25) is 0 Å². The van der Waals surface area contributed by atoms with Crippen LogP contribution in [-0.2, 0) is 6.67 Å². The van der Waals surface area contributed by atoms with Gasteiger partial charge in [0.15, 0.2) is 0 Å². The number of benzene rings is 1. The third-order valence-electron chi connectivity index (χ3n) is 2.09. The lowest BCUT2D eigenvalue weighted by Crippen LogP contribution is -2.10. The summed E-state index contributed by atoms with van der Waals surface area (Å²) in [5.41, 5.74) is 10.2. The lowest BCUT2D eigenvalue weighted by atomic mass is 10.2. The summed E-state index contributed by atoms with van der Waals surface area (Å²) in [7, 11) is 0. The maximum absolute atomic E-state index is 11.6. The molecule has 2 rings (SSSR count). The molecule has 0 saturated heterocycles. The Morgan fingerprint density at radius 1 is 1.60 bits per heavy atom. The summed E-state index contributed by atoms with van der Waals surface area (Å²) in [5.74, 6) is 0. The van der Waals surface area contributed by atoms with E-state index >= 15 is 0 Å². The van der Waals surface area contributed by atoms with Crippen molar-refractivity contribution in [3.8, 4) is 0 Å². The molecule has 1 aromatic carbocycles. The molecule has 0 aliphatic heterocycles. The minimum Gasteiger partial charge on any atom is -0.293 e. The van der Waals surface area contributed by atoms with Crippen molar-refractivity contribution in [3.63, 3.8) is 0 Å². The molecule has 2 aromatic rings. The fraction of sp³-hybridized carbons (Fsp3) is 0.222. The van der Waals surface area contributed by atoms with Gasteiger partial charge in [0.05, 0.1) is 10.2 Å². The van der Waals surface area contributed by atoms with Crippen molar-refractivity contribution in [1.82, 2.24) is 4.57 Å². The van der Waals surface area contributed by atoms with Crippen molar-refractivity contribution < 1.29 is 0 Å². The van der Waals surface area contributed by atoms with Crippen LogP contribution < -0.4 is 4.87 Å². The summed E-state index contributed by atoms with van der Waals surface area (Å²) in [6, 6.07) is 5.75. The summed E-state index contributed by atoms with van der Waals surface area (Å²) in [6.07, 6.45) is 0. The Labute approximate surface area is 89.2 Å². The number of fused-ring (bicyclic) bond motifs is 1. The minimum absolute atomic E-state index is 0.0540. The highest BCUT2D eigenvalue weighted by atomic mass is 32.1. The van der Waals surface area contributed by atoms with Gasteiger partial charge in [-0.2, -0.15) is 0 Å². The van der Waals surface area contributed by atoms with E-state index in [1.165, 1.54) is 15.9 Å². The highest BCUT2D eigenvalue weighted by Crippen LogP contribution is 2.18. The first-order valence-electron chi connectivity index (χ1n) is 4.33. The number of rotatable bonds is 2. The first kappa shape index (κ1) is 9.76. The number of thiazole rings is 1. The van der Waals surface area contributed by atoms with E-state index in [0.717, 1.165) is 15.8 Å². The third-order valence-corrected chi connectivity index (χ3v) is 3.03. The molecule has 0 radical (unpaired) electrons. The Balaban J connectivity index is 2.68. The van der Waals surface area contributed by atoms with Crippen LogP contribution in [0.3, 0.4) is 0 Å². The monoisotopic (exact) mass is 220 g/mol. The van der Waals surface area contributed by atoms with E-state index in [9.17, 15) is 4.79 Å². The second kappa shape index (κ2) is 3.76. The Morgan fingerprint density at radius 2 is 2.40 bits per heavy atom. The van der Waals surface area contributed by atoms with Gasteiger partial charge in [-0.15, -0.1) is 0 Å². The zero-order valence-corrected chi connectivity index (χ0v) is 8.86. The van der Waals surface area contributed by atoms with Crippen molar-refractivity contribution in [2.45, 2.75) is 13.6 Å². The van der Waals surface area contributed by atoms with Crippen molar-refractivity contribution in [2.75, 3.05) is 0 Å². The number of hydrogen-bond donors (Lipinski definition) is 0. The molecule has 1 heterocycles. The summed E-state index contributed by atoms with van der Waals surface area (Å²) in [6.45, 7) is 2.03. The molecule has 0 saturated carbocycles. The van der Waals surface area contributed by atoms with E-state index < -0.39 is 0 Å². The molecule has 0 fully saturated rings. The molecule has 6 heteroatoms. The summed E-state index contributed by atoms with van der Waals surface area (Å²) in [5, 5.41) is 3.40. The maximum atomic E-state index is 11.6. The Morgan fingerprint density at radius 3 is 3.13 bits per heavy atom. The highest BCUT2D eigenvalue weighted by Gasteiger charge is 2.05. The molecule has 0 unspecified atom stereocenters. The van der Waals surface area contributed by atoms with E-state index in [0.29, 0.717) is 0 Å². The fourth-order valence-corrected chi connectivity index (χ4v) is 2.38. The van der Waals surface area contributed by atoms with Crippen LogP contribution in [0.1, 0.15) is 5.56 Å². The van der Waals surface area contributed by atoms with Crippen molar-refractivity contribution in [2.24, 2.45) is 5.11 Å². The normalized spacial score (nSPS) is 10.2. The summed E-state index contributed by atoms with van der Waals surface area (Å²) < 4.78 is 2.40. The second-order valence-electron chi connectivity index (χ2n) is 3.14. The van der Waals surface area contributed by atoms with Crippen LogP contribution in [0.15, 0.2) is 28.1 Å². The topological polar surface area (TPSA) is 70.8 Å². The smallest absolute Gasteiger partial charge is 0.293 e. The van der Waals surface area contributed by atoms with Crippen LogP contribution in [0.4, 0.5) is 0 Å². The summed E-state index contributed by atoms with van der Waals surface area (Å²) in [4.78, 5) is 14.1. The molecule has 0 spiro atoms. The average Bonchev–Trinajstić information content (AvgIpc) is 2.50. The van der Waals surface area contributed by atoms with Gasteiger partial charge in [-0.25, -0.2) is 0 Å². The van der Waals surface area contributed by atoms with Crippen molar-refractivity contribution in [3.05, 3.63) is 43.9 Å². The SMILES string of the molecule is Cc1ccc2c(c1)sc(=O)n2CN=[N+]=[N-]. The maximum Gasteiger partial charge on any atom is 0.308 e. The Bertz CT molecular complexity index is 606. The minimum atomic E-state index is -0.0944. The van der Waals surface area contributed by atoms with Crippen molar-refractivity contribution >= 4 is 21.6 Å². The van der Waals surface area contributed by atoms with Gasteiger partial charge in [-0.05, 0) is 30.2 Å². The van der Waals surface area contributed by atoms with Gasteiger partial charge in [0.1, 0.15) is 6.67 Å². The van der Waals surface area contributed by atoms with Gasteiger partial charge in [0, 0.05) is 4.91 Å². The second-order valence-corrected chi connectivity index (χ2v) is 4.13. The van der Waals surface area contributed by atoms with Gasteiger partial charge in [-0.3, -0.25) is 9.36 Å². The first-order chi connectivity index (χ1) is 7.22. The molecule has 76 valence electrons. The molecule has 15 heavy (non-hydrogen) atoms. The zero-order valence-electron chi connectivity index (χ0n) is 8.04. The fourth-order valence-electron chi connectivity index (χ4n) is 1.40. The van der Waals surface area contributed by atoms with E-state index in [2.05, 4.69) is 10.0 Å². The molecule has 0 bridgehead atoms. The van der Waals surface area contributed by atoms with Crippen LogP contribution in [-0.4, -0.2) is 4.57 Å². The number of nitrogens with zero attached hydrogens (tertiary/aromatic N) is 4. The molecule has 0 N–H and O–H groups in total. The molecule has 0 aliphatic rings. The average molecular weight is 220 g/mol. The number of aryl methyl sites for hydroxylation is 1. The molecular weight excluding hydrogens is 212 g/mol. The zero-order chi connectivity index (χ0) is 10.8. The Hall–Kier alpha value is -1.78. The van der Waals surface area contributed by atoms with E-state index in [1.807, 2.05) is 25.1 Å². The van der Waals surface area contributed by atoms with Crippen molar-refractivity contribution in [1.29, 1.82) is 0 Å². The quantitative estimate of drug-likeness (QED) is 0.435. The Kier molecular flexibility index (Phi) is 2.45. The van der Waals surface area contributed by atoms with E-state index in [1.54, 1.807) is 0 Å². The lowest BCUT2D eigenvalue weighted by molar-refractivity contribution is 0.741. The molecule has 5 nitrogen and oxygen atoms in total. The van der Waals surface area contributed by atoms with Crippen LogP contribution in [0, 0.1) is 6.92 Å². The van der Waals surface area contributed by atoms with Gasteiger partial charge < -0.3 is 0 Å². The lowest BCUT2D eigenvalue weighted by Gasteiger charge is -1.97. The molecule has 1 aromatic heterocycles. The first-order valence-corrected chi connectivity index (χ1v) is 5.15. The van der Waals surface area contributed by atoms with Gasteiger partial charge in [0.25, 0.3) is 0 Å². The van der Waals surface area contributed by atoms with Crippen LogP contribution in [0.25, 0.3) is 20.7 Å². The standard InChI is InChI=1S/C9H8N4OS/c1-6-2-3-7-8(4-6)15-9(14)13(7)5-11-12-10/h2-4H,5H2,1H3. The van der Waals surface area contributed by atoms with E-state index in [-0.39, 0.29) is 11.5 Å². The third kappa shape index (κ3) is 1.72. The number of hydrogen-bond acceptors (Lipinski definition) is 3. The highest BCUT2D eigenvalue weighted by molar-refractivity contribution is 7.16. The van der Waals surface area contributed by atoms with E-state index in [4.69, 9.17) is 5.53 Å². The predicted molar refractivity (Wildman–Crippen MR) is 60.0 cm³/mol. The largest absolute Gasteiger partial charge is 0.308 e. The van der Waals surface area contributed by atoms with Gasteiger partial charge >= 0.3 is 4.87 Å². The molecule has 0 aliphatic carbocycles. The summed E-state index contributed by atoms with van der Waals surface area (Å²) >= 11 is 1.17. The predicted octanol–water partition coefficient (Wildman–Crippen LogP) is 2.64. The molecule has 0 atom stereocenters. The van der Waals surface area contributed by atoms with Crippen LogP contribution in [0.5, 0.6) is 0 Å². The van der Waals surface area contributed by atoms with Gasteiger partial charge in [-0.1, -0.05) is 22.5 Å². The number of aromatic nitrogens is 1. The van der Waals surface area contributed by atoms with Crippen LogP contribution in [0.2, 0.25) is 0 Å². The molecule has 0 amide bonds. The van der Waals surface area contributed by atoms with Crippen LogP contribution >= 0.6 is 11.3 Å².